The van der Waals surface area contributed by atoms with E-state index < -0.39 is 7.38 Å². The number of hydrogen-bond donors (Lipinski definition) is 0. The van der Waals surface area contributed by atoms with Crippen molar-refractivity contribution in [3.8, 4) is 0 Å². The van der Waals surface area contributed by atoms with Crippen LogP contribution in [0.15, 0.2) is 12.3 Å². The molecule has 12 heavy (non-hydrogen) atoms. The van der Waals surface area contributed by atoms with Gasteiger partial charge in [-0.05, 0) is 12.1 Å². The summed E-state index contributed by atoms with van der Waals surface area (Å²) in [5.74, 6) is 0. The van der Waals surface area contributed by atoms with Crippen molar-refractivity contribution in [1.82, 2.24) is 0 Å². The fraction of sp³-hybridized carbons (Fsp3) is 0.800. The van der Waals surface area contributed by atoms with E-state index in [0.29, 0.717) is 0 Å². The summed E-state index contributed by atoms with van der Waals surface area (Å²) in [7, 11) is -1.53. The van der Waals surface area contributed by atoms with Gasteiger partial charge >= 0.3 is 0 Å². The van der Waals surface area contributed by atoms with E-state index >= 15 is 0 Å². The topological polar surface area (TPSA) is 0 Å². The molecule has 0 N–H and O–H groups in total. The van der Waals surface area contributed by atoms with E-state index in [9.17, 15) is 0 Å². The van der Waals surface area contributed by atoms with E-state index in [0.717, 1.165) is 0 Å². The Hall–Kier alpha value is 0.247. The van der Waals surface area contributed by atoms with Crippen LogP contribution in [0.3, 0.4) is 0 Å². The molecule has 2 heteroatoms. The molecule has 0 saturated heterocycles. The van der Waals surface area contributed by atoms with Crippen LogP contribution in [0.5, 0.6) is 0 Å². The van der Waals surface area contributed by atoms with E-state index in [1.54, 1.807) is 0 Å². The van der Waals surface area contributed by atoms with Gasteiger partial charge in [0.2, 0.25) is 0 Å². The van der Waals surface area contributed by atoms with Gasteiger partial charge in [0.15, 0.2) is 7.38 Å². The number of hydrogen-bond acceptors (Lipinski definition) is 0. The molecule has 0 atom stereocenters. The lowest BCUT2D eigenvalue weighted by Gasteiger charge is -2.19. The van der Waals surface area contributed by atoms with Gasteiger partial charge in [-0.15, -0.1) is 6.58 Å². The van der Waals surface area contributed by atoms with Crippen molar-refractivity contribution in [2.75, 3.05) is 0 Å². The zero-order chi connectivity index (χ0) is 9.45. The van der Waals surface area contributed by atoms with Gasteiger partial charge in [0.05, 0.1) is 0 Å². The summed E-state index contributed by atoms with van der Waals surface area (Å²) in [5, 5.41) is 0. The first-order valence-corrected chi connectivity index (χ1v) is 8.51. The minimum atomic E-state index is -1.53. The van der Waals surface area contributed by atoms with Gasteiger partial charge < -0.3 is 0 Å². The molecule has 0 amide bonds. The molecule has 0 nitrogen and oxygen atoms in total. The Morgan fingerprint density at radius 3 is 1.83 bits per heavy atom. The molecule has 0 aliphatic heterocycles. The van der Waals surface area contributed by atoms with Gasteiger partial charge in [0.25, 0.3) is 0 Å². The van der Waals surface area contributed by atoms with E-state index in [-0.39, 0.29) is 0 Å². The average Bonchev–Trinajstić information content (AvgIpc) is 2.11. The van der Waals surface area contributed by atoms with Crippen LogP contribution >= 0.6 is 11.1 Å². The maximum atomic E-state index is 6.50. The highest BCUT2D eigenvalue weighted by atomic mass is 35.6. The highest BCUT2D eigenvalue weighted by molar-refractivity contribution is 7.23. The maximum absolute atomic E-state index is 6.50. The summed E-state index contributed by atoms with van der Waals surface area (Å²) in [6.07, 6.45) is 5.04. The average molecular weight is 205 g/mol. The van der Waals surface area contributed by atoms with Crippen molar-refractivity contribution in [3.63, 3.8) is 0 Å². The first-order valence-electron chi connectivity index (χ1n) is 5.01. The molecule has 0 heterocycles. The molecule has 0 saturated carbocycles. The Morgan fingerprint density at radius 1 is 1.17 bits per heavy atom. The Morgan fingerprint density at radius 2 is 1.58 bits per heavy atom. The molecule has 0 aromatic heterocycles. The van der Waals surface area contributed by atoms with Gasteiger partial charge in [-0.25, -0.2) is 0 Å². The van der Waals surface area contributed by atoms with Gasteiger partial charge in [-0.2, -0.15) is 11.1 Å². The van der Waals surface area contributed by atoms with Crippen LogP contribution in [0, 0.1) is 0 Å². The number of rotatable bonds is 7. The predicted molar refractivity (Wildman–Crippen MR) is 61.2 cm³/mol. The SMILES string of the molecule is C=C[Si](Cl)(CCCC)CCCC. The first kappa shape index (κ1) is 12.2. The van der Waals surface area contributed by atoms with Crippen LogP contribution in [0.1, 0.15) is 39.5 Å². The second-order valence-corrected chi connectivity index (χ2v) is 9.18. The van der Waals surface area contributed by atoms with Crippen molar-refractivity contribution in [2.24, 2.45) is 0 Å². The van der Waals surface area contributed by atoms with Crippen molar-refractivity contribution < 1.29 is 0 Å². The van der Waals surface area contributed by atoms with Crippen molar-refractivity contribution in [3.05, 3.63) is 12.3 Å². The lowest BCUT2D eigenvalue weighted by molar-refractivity contribution is 0.841. The van der Waals surface area contributed by atoms with Crippen molar-refractivity contribution in [2.45, 2.75) is 51.6 Å². The van der Waals surface area contributed by atoms with Crippen LogP contribution < -0.4 is 0 Å². The van der Waals surface area contributed by atoms with Crippen LogP contribution in [0.2, 0.25) is 12.1 Å². The summed E-state index contributed by atoms with van der Waals surface area (Å²) in [4.78, 5) is 0. The molecule has 0 bridgehead atoms. The van der Waals surface area contributed by atoms with Crippen LogP contribution in [0.4, 0.5) is 0 Å². The van der Waals surface area contributed by atoms with Gasteiger partial charge in [0.1, 0.15) is 0 Å². The molecule has 0 spiro atoms. The smallest absolute Gasteiger partial charge is 0.162 e. The second kappa shape index (κ2) is 6.73. The molecule has 0 aliphatic rings. The van der Waals surface area contributed by atoms with Crippen molar-refractivity contribution >= 4 is 18.5 Å². The molecule has 0 aromatic rings. The molecule has 0 aliphatic carbocycles. The summed E-state index contributed by atoms with van der Waals surface area (Å²) < 4.78 is 0. The zero-order valence-corrected chi connectivity index (χ0v) is 10.2. The Labute approximate surface area is 82.7 Å². The molecular weight excluding hydrogens is 184 g/mol. The summed E-state index contributed by atoms with van der Waals surface area (Å²) in [5.41, 5.74) is 2.06. The monoisotopic (exact) mass is 204 g/mol. The van der Waals surface area contributed by atoms with E-state index in [1.807, 2.05) is 0 Å². The largest absolute Gasteiger partial charge is 0.179 e. The Bertz CT molecular complexity index is 115. The van der Waals surface area contributed by atoms with E-state index in [4.69, 9.17) is 11.1 Å². The van der Waals surface area contributed by atoms with E-state index in [1.165, 1.54) is 37.8 Å². The summed E-state index contributed by atoms with van der Waals surface area (Å²) in [6.45, 7) is 8.30. The minimum absolute atomic E-state index is 1.22. The third-order valence-corrected chi connectivity index (χ3v) is 6.96. The number of unbranched alkanes of at least 4 members (excludes halogenated alkanes) is 2. The highest BCUT2D eigenvalue weighted by Crippen LogP contribution is 2.26. The minimum Gasteiger partial charge on any atom is -0.162 e. The molecular formula is C10H21ClSi. The van der Waals surface area contributed by atoms with E-state index in [2.05, 4.69) is 26.1 Å². The highest BCUT2D eigenvalue weighted by Gasteiger charge is 2.24. The lowest BCUT2D eigenvalue weighted by Crippen LogP contribution is -2.23. The normalized spacial score (nSPS) is 11.6. The third kappa shape index (κ3) is 4.99. The van der Waals surface area contributed by atoms with Gasteiger partial charge in [0, 0.05) is 0 Å². The molecule has 0 rings (SSSR count). The maximum Gasteiger partial charge on any atom is 0.179 e. The molecule has 0 radical (unpaired) electrons. The Balaban J connectivity index is 3.78. The third-order valence-electron chi connectivity index (χ3n) is 2.26. The lowest BCUT2D eigenvalue weighted by atomic mass is 10.4. The number of halogens is 1. The second-order valence-electron chi connectivity index (χ2n) is 3.45. The van der Waals surface area contributed by atoms with Gasteiger partial charge in [-0.1, -0.05) is 45.2 Å². The first-order chi connectivity index (χ1) is 5.68. The standard InChI is InChI=1S/C10H21ClSi/c1-4-7-9-12(11,6-3)10-8-5-2/h6H,3-5,7-10H2,1-2H3. The molecule has 0 aromatic carbocycles. The Kier molecular flexibility index (Phi) is 6.87. The quantitative estimate of drug-likeness (QED) is 0.423. The fourth-order valence-corrected chi connectivity index (χ4v) is 4.61. The van der Waals surface area contributed by atoms with Crippen LogP contribution in [0.25, 0.3) is 0 Å². The molecule has 72 valence electrons. The van der Waals surface area contributed by atoms with Gasteiger partial charge in [-0.3, -0.25) is 0 Å². The fourth-order valence-electron chi connectivity index (χ4n) is 1.27. The van der Waals surface area contributed by atoms with Crippen molar-refractivity contribution in [1.29, 1.82) is 0 Å². The van der Waals surface area contributed by atoms with Crippen LogP contribution in [-0.2, 0) is 0 Å². The zero-order valence-electron chi connectivity index (χ0n) is 8.41. The predicted octanol–water partition coefficient (Wildman–Crippen LogP) is 4.50. The summed E-state index contributed by atoms with van der Waals surface area (Å²) in [6, 6.07) is 2.43. The molecule has 0 unspecified atom stereocenters. The van der Waals surface area contributed by atoms with Crippen LogP contribution in [-0.4, -0.2) is 7.38 Å². The summed E-state index contributed by atoms with van der Waals surface area (Å²) >= 11 is 6.50. The molecule has 0 fully saturated rings.